The molecule has 0 amide bonds. The molecule has 1 aliphatic carbocycles. The van der Waals surface area contributed by atoms with Crippen LogP contribution in [0.4, 0.5) is 20.2 Å². The number of para-hydroxylation sites is 1. The maximum absolute atomic E-state index is 14.3. The Morgan fingerprint density at radius 3 is 2.67 bits per heavy atom. The summed E-state index contributed by atoms with van der Waals surface area (Å²) in [6.45, 7) is 2.34. The zero-order chi connectivity index (χ0) is 28.0. The lowest BCUT2D eigenvalue weighted by Gasteiger charge is -2.25. The number of Topliss-reactive ketones (excluding diaryl/α,β-unsaturated/α-hetero) is 1. The first kappa shape index (κ1) is 26.3. The molecule has 1 saturated carbocycles. The van der Waals surface area contributed by atoms with E-state index in [2.05, 4.69) is 20.6 Å². The first-order chi connectivity index (χ1) is 19.4. The van der Waals surface area contributed by atoms with E-state index in [1.54, 1.807) is 24.9 Å². The molecule has 4 aromatic rings. The number of pyridine rings is 1. The van der Waals surface area contributed by atoms with Crippen LogP contribution in [0, 0.1) is 12.8 Å². The van der Waals surface area contributed by atoms with Crippen LogP contribution in [0.3, 0.4) is 0 Å². The van der Waals surface area contributed by atoms with Gasteiger partial charge in [0, 0.05) is 31.6 Å². The average Bonchev–Trinajstić information content (AvgIpc) is 3.65. The summed E-state index contributed by atoms with van der Waals surface area (Å²) >= 11 is 0. The van der Waals surface area contributed by atoms with Crippen molar-refractivity contribution < 1.29 is 23.0 Å². The van der Waals surface area contributed by atoms with Crippen LogP contribution >= 0.6 is 0 Å². The van der Waals surface area contributed by atoms with Crippen molar-refractivity contribution in [1.29, 1.82) is 0 Å². The Balaban J connectivity index is 1.50. The third-order valence-electron chi connectivity index (χ3n) is 7.49. The van der Waals surface area contributed by atoms with Crippen LogP contribution in [0.25, 0.3) is 22.4 Å². The highest BCUT2D eigenvalue weighted by Gasteiger charge is 2.32. The first-order valence-corrected chi connectivity index (χ1v) is 13.5. The average molecular weight is 552 g/mol. The van der Waals surface area contributed by atoms with Crippen molar-refractivity contribution in [3.05, 3.63) is 41.5 Å². The highest BCUT2D eigenvalue weighted by Crippen LogP contribution is 2.41. The van der Waals surface area contributed by atoms with Gasteiger partial charge in [0.25, 0.3) is 6.43 Å². The van der Waals surface area contributed by atoms with Gasteiger partial charge < -0.3 is 14.8 Å². The fraction of sp³-hybridized carbons (Fsp3) is 0.464. The highest BCUT2D eigenvalue weighted by atomic mass is 19.3. The molecule has 0 spiro atoms. The summed E-state index contributed by atoms with van der Waals surface area (Å²) in [7, 11) is 3.37. The molecule has 1 atom stereocenters. The van der Waals surface area contributed by atoms with Crippen LogP contribution in [-0.4, -0.2) is 49.0 Å². The predicted molar refractivity (Wildman–Crippen MR) is 144 cm³/mol. The lowest BCUT2D eigenvalue weighted by Crippen LogP contribution is -2.21. The molecule has 1 saturated heterocycles. The summed E-state index contributed by atoms with van der Waals surface area (Å²) < 4.78 is 43.5. The van der Waals surface area contributed by atoms with E-state index < -0.39 is 18.5 Å². The highest BCUT2D eigenvalue weighted by molar-refractivity contribution is 5.92. The zero-order valence-corrected chi connectivity index (χ0v) is 22.7. The summed E-state index contributed by atoms with van der Waals surface area (Å²) in [6, 6.07) is 7.32. The van der Waals surface area contributed by atoms with Crippen LogP contribution in [-0.2, 0) is 23.0 Å². The van der Waals surface area contributed by atoms with Gasteiger partial charge in [0.2, 0.25) is 0 Å². The van der Waals surface area contributed by atoms with Crippen molar-refractivity contribution in [2.45, 2.75) is 58.1 Å². The molecule has 4 heterocycles. The van der Waals surface area contributed by atoms with Crippen LogP contribution in [0.15, 0.2) is 24.3 Å². The lowest BCUT2D eigenvalue weighted by atomic mass is 10.1. The maximum atomic E-state index is 14.3. The minimum absolute atomic E-state index is 0.0460. The van der Waals surface area contributed by atoms with E-state index in [4.69, 9.17) is 14.5 Å². The number of fused-ring (bicyclic) bond motifs is 1. The Labute approximate surface area is 229 Å². The molecule has 1 N–H and O–H groups in total. The van der Waals surface area contributed by atoms with Gasteiger partial charge in [-0.3, -0.25) is 9.36 Å². The molecule has 0 radical (unpaired) electrons. The van der Waals surface area contributed by atoms with Gasteiger partial charge in [-0.2, -0.15) is 0 Å². The number of ketones is 1. The number of nitrogens with one attached hydrogen (secondary N) is 1. The van der Waals surface area contributed by atoms with E-state index in [9.17, 15) is 13.6 Å². The second kappa shape index (κ2) is 10.6. The van der Waals surface area contributed by atoms with Gasteiger partial charge in [-0.25, -0.2) is 23.4 Å². The van der Waals surface area contributed by atoms with Gasteiger partial charge in [0.15, 0.2) is 17.2 Å². The zero-order valence-electron chi connectivity index (χ0n) is 22.7. The van der Waals surface area contributed by atoms with E-state index in [-0.39, 0.29) is 29.3 Å². The van der Waals surface area contributed by atoms with Gasteiger partial charge >= 0.3 is 0 Å². The number of nitrogens with zero attached hydrogens (tertiary/aromatic N) is 6. The number of rotatable bonds is 9. The van der Waals surface area contributed by atoms with E-state index in [0.717, 1.165) is 42.6 Å². The molecule has 2 fully saturated rings. The third-order valence-corrected chi connectivity index (χ3v) is 7.49. The molecule has 3 aromatic heterocycles. The normalized spacial score (nSPS) is 17.5. The predicted octanol–water partition coefficient (Wildman–Crippen LogP) is 5.45. The van der Waals surface area contributed by atoms with Crippen molar-refractivity contribution in [2.75, 3.05) is 19.0 Å². The van der Waals surface area contributed by atoms with Crippen molar-refractivity contribution in [3.8, 4) is 17.0 Å². The number of carbonyl (C=O) groups excluding carboxylic acids is 1. The number of ether oxygens (including phenoxy) is 2. The molecule has 40 heavy (non-hydrogen) atoms. The van der Waals surface area contributed by atoms with E-state index in [1.807, 2.05) is 25.1 Å². The van der Waals surface area contributed by atoms with Crippen LogP contribution in [0.1, 0.15) is 62.0 Å². The maximum Gasteiger partial charge on any atom is 0.295 e. The standard InChI is InChI=1S/C28H31F2N7O3/c1-15-24(36(2)35-34-15)18-7-6-8-19(25(18)39-3)32-20-13-17(14-21(38)16-10-11-16)31-27-23(20)33-28(26(29)30)37(27)22-9-4-5-12-40-22/h6-8,13,16,22,26H,4-5,9-12,14H2,1-3H3,(H,31,32). The van der Waals surface area contributed by atoms with Crippen molar-refractivity contribution in [1.82, 2.24) is 29.5 Å². The lowest BCUT2D eigenvalue weighted by molar-refractivity contribution is -0.119. The fourth-order valence-corrected chi connectivity index (χ4v) is 5.43. The Bertz CT molecular complexity index is 1550. The monoisotopic (exact) mass is 551 g/mol. The largest absolute Gasteiger partial charge is 0.494 e. The molecule has 6 rings (SSSR count). The smallest absolute Gasteiger partial charge is 0.295 e. The molecule has 10 nitrogen and oxygen atoms in total. The van der Waals surface area contributed by atoms with E-state index in [1.165, 1.54) is 4.57 Å². The Morgan fingerprint density at radius 2 is 2.02 bits per heavy atom. The molecular weight excluding hydrogens is 520 g/mol. The second-order valence-electron chi connectivity index (χ2n) is 10.4. The SMILES string of the molecule is COc1c(Nc2cc(CC(=O)C3CC3)nc3c2nc(C(F)F)n3C2CCCCO2)cccc1-c1c(C)nnn1C. The van der Waals surface area contributed by atoms with Gasteiger partial charge in [0.1, 0.15) is 17.5 Å². The summed E-state index contributed by atoms with van der Waals surface area (Å²) in [4.78, 5) is 21.8. The first-order valence-electron chi connectivity index (χ1n) is 13.5. The van der Waals surface area contributed by atoms with Crippen molar-refractivity contribution in [3.63, 3.8) is 0 Å². The van der Waals surface area contributed by atoms with Gasteiger partial charge in [-0.05, 0) is 57.2 Å². The molecule has 2 aliphatic rings. The summed E-state index contributed by atoms with van der Waals surface area (Å²) in [5.74, 6) is 0.274. The topological polar surface area (TPSA) is 109 Å². The second-order valence-corrected chi connectivity index (χ2v) is 10.4. The van der Waals surface area contributed by atoms with E-state index in [0.29, 0.717) is 35.8 Å². The molecule has 12 heteroatoms. The molecule has 1 unspecified atom stereocenters. The van der Waals surface area contributed by atoms with Gasteiger partial charge in [0.05, 0.1) is 35.6 Å². The number of anilines is 2. The molecule has 1 aliphatic heterocycles. The Hall–Kier alpha value is -3.93. The summed E-state index contributed by atoms with van der Waals surface area (Å²) in [5.41, 5.74) is 4.37. The fourth-order valence-electron chi connectivity index (χ4n) is 5.43. The van der Waals surface area contributed by atoms with Crippen molar-refractivity contribution >= 4 is 28.3 Å². The third kappa shape index (κ3) is 4.80. The van der Waals surface area contributed by atoms with Crippen molar-refractivity contribution in [2.24, 2.45) is 13.0 Å². The molecule has 1 aromatic carbocycles. The van der Waals surface area contributed by atoms with Crippen LogP contribution < -0.4 is 10.1 Å². The van der Waals surface area contributed by atoms with Gasteiger partial charge in [-0.15, -0.1) is 5.10 Å². The van der Waals surface area contributed by atoms with Crippen LogP contribution in [0.5, 0.6) is 5.75 Å². The number of imidazole rings is 1. The minimum Gasteiger partial charge on any atom is -0.494 e. The minimum atomic E-state index is -2.83. The number of halogens is 2. The van der Waals surface area contributed by atoms with Gasteiger partial charge in [-0.1, -0.05) is 11.3 Å². The van der Waals surface area contributed by atoms with E-state index >= 15 is 0 Å². The molecule has 210 valence electrons. The quantitative estimate of drug-likeness (QED) is 0.293. The summed E-state index contributed by atoms with van der Waals surface area (Å²) in [6.07, 6.45) is 0.740. The number of hydrogen-bond donors (Lipinski definition) is 1. The number of alkyl halides is 2. The number of aromatic nitrogens is 6. The molecular formula is C28H31F2N7O3. The number of benzene rings is 1. The number of aryl methyl sites for hydroxylation is 2. The number of methoxy groups -OCH3 is 1. The number of hydrogen-bond acceptors (Lipinski definition) is 8. The molecule has 0 bridgehead atoms. The van der Waals surface area contributed by atoms with Crippen LogP contribution in [0.2, 0.25) is 0 Å². The summed E-state index contributed by atoms with van der Waals surface area (Å²) in [5, 5.41) is 11.6. The Kier molecular flexibility index (Phi) is 6.95. The Morgan fingerprint density at radius 1 is 1.20 bits per heavy atom. The number of carbonyl (C=O) groups is 1.